The van der Waals surface area contributed by atoms with Crippen LogP contribution in [0.2, 0.25) is 0 Å². The van der Waals surface area contributed by atoms with Crippen LogP contribution in [0.15, 0.2) is 36.7 Å². The van der Waals surface area contributed by atoms with Gasteiger partial charge >= 0.3 is 5.97 Å². The highest BCUT2D eigenvalue weighted by molar-refractivity contribution is 5.84. The van der Waals surface area contributed by atoms with Gasteiger partial charge in [-0.25, -0.2) is 14.8 Å². The van der Waals surface area contributed by atoms with Crippen molar-refractivity contribution >= 4 is 5.97 Å². The van der Waals surface area contributed by atoms with Crippen LogP contribution in [0, 0.1) is 0 Å². The first-order valence-corrected chi connectivity index (χ1v) is 6.76. The summed E-state index contributed by atoms with van der Waals surface area (Å²) in [5, 5.41) is 8.75. The molecule has 0 bridgehead atoms. The Balaban J connectivity index is 2.11. The van der Waals surface area contributed by atoms with Crippen LogP contribution in [0.5, 0.6) is 11.6 Å². The molecule has 0 fully saturated rings. The fourth-order valence-corrected chi connectivity index (χ4v) is 1.78. The van der Waals surface area contributed by atoms with E-state index in [1.165, 1.54) is 18.0 Å². The third-order valence-corrected chi connectivity index (χ3v) is 3.59. The third-order valence-electron chi connectivity index (χ3n) is 3.59. The lowest BCUT2D eigenvalue weighted by Gasteiger charge is -2.23. The Hall–Kier alpha value is -2.43. The molecule has 5 nitrogen and oxygen atoms in total. The summed E-state index contributed by atoms with van der Waals surface area (Å²) in [5.41, 5.74) is 1.26. The van der Waals surface area contributed by atoms with E-state index in [0.29, 0.717) is 5.75 Å². The summed E-state index contributed by atoms with van der Waals surface area (Å²) in [5.74, 6) is -0.203. The van der Waals surface area contributed by atoms with Gasteiger partial charge in [0.15, 0.2) is 5.69 Å². The lowest BCUT2D eigenvalue weighted by atomic mass is 9.82. The highest BCUT2D eigenvalue weighted by Crippen LogP contribution is 2.29. The topological polar surface area (TPSA) is 72.3 Å². The quantitative estimate of drug-likeness (QED) is 0.908. The molecule has 0 unspecified atom stereocenters. The Morgan fingerprint density at radius 2 is 1.86 bits per heavy atom. The molecule has 1 heterocycles. The van der Waals surface area contributed by atoms with Crippen molar-refractivity contribution in [3.63, 3.8) is 0 Å². The van der Waals surface area contributed by atoms with E-state index in [4.69, 9.17) is 9.84 Å². The molecule has 0 saturated carbocycles. The Bertz CT molecular complexity index is 619. The number of benzene rings is 1. The van der Waals surface area contributed by atoms with Gasteiger partial charge in [-0.15, -0.1) is 0 Å². The second-order valence-electron chi connectivity index (χ2n) is 5.41. The molecule has 2 rings (SSSR count). The summed E-state index contributed by atoms with van der Waals surface area (Å²) < 4.78 is 5.55. The summed E-state index contributed by atoms with van der Waals surface area (Å²) in [7, 11) is 0. The van der Waals surface area contributed by atoms with Gasteiger partial charge in [0.2, 0.25) is 5.88 Å². The van der Waals surface area contributed by atoms with E-state index in [9.17, 15) is 4.79 Å². The maximum absolute atomic E-state index is 10.7. The first-order chi connectivity index (χ1) is 9.92. The van der Waals surface area contributed by atoms with Crippen molar-refractivity contribution < 1.29 is 14.6 Å². The molecular formula is C16H18N2O3. The zero-order valence-corrected chi connectivity index (χ0v) is 12.3. The Kier molecular flexibility index (Phi) is 4.21. The Labute approximate surface area is 123 Å². The van der Waals surface area contributed by atoms with E-state index >= 15 is 0 Å². The van der Waals surface area contributed by atoms with Crippen molar-refractivity contribution in [3.05, 3.63) is 47.9 Å². The SMILES string of the molecule is CCC(C)(C)c1ccc(Oc2cnc(C(=O)O)cn2)cc1. The molecule has 21 heavy (non-hydrogen) atoms. The molecular weight excluding hydrogens is 268 g/mol. The number of aromatic nitrogens is 2. The maximum Gasteiger partial charge on any atom is 0.356 e. The number of carbonyl (C=O) groups is 1. The first kappa shape index (κ1) is 15.0. The van der Waals surface area contributed by atoms with E-state index < -0.39 is 5.97 Å². The number of hydrogen-bond donors (Lipinski definition) is 1. The molecule has 0 amide bonds. The summed E-state index contributed by atoms with van der Waals surface area (Å²) in [6.07, 6.45) is 3.52. The van der Waals surface area contributed by atoms with Crippen molar-refractivity contribution in [3.8, 4) is 11.6 Å². The van der Waals surface area contributed by atoms with Crippen LogP contribution in [0.1, 0.15) is 43.2 Å². The molecule has 0 saturated heterocycles. The number of carboxylic acid groups (broad SMARTS) is 1. The largest absolute Gasteiger partial charge is 0.476 e. The van der Waals surface area contributed by atoms with Crippen LogP contribution in [0.4, 0.5) is 0 Å². The third kappa shape index (κ3) is 3.56. The van der Waals surface area contributed by atoms with Gasteiger partial charge in [-0.3, -0.25) is 0 Å². The monoisotopic (exact) mass is 286 g/mol. The van der Waals surface area contributed by atoms with Gasteiger partial charge < -0.3 is 9.84 Å². The normalized spacial score (nSPS) is 11.2. The van der Waals surface area contributed by atoms with E-state index in [-0.39, 0.29) is 17.0 Å². The lowest BCUT2D eigenvalue weighted by Crippen LogP contribution is -2.14. The number of nitrogens with zero attached hydrogens (tertiary/aromatic N) is 2. The fourth-order valence-electron chi connectivity index (χ4n) is 1.78. The second kappa shape index (κ2) is 5.91. The van der Waals surface area contributed by atoms with Crippen LogP contribution >= 0.6 is 0 Å². The van der Waals surface area contributed by atoms with E-state index in [0.717, 1.165) is 6.42 Å². The molecule has 0 spiro atoms. The zero-order chi connectivity index (χ0) is 15.5. The predicted molar refractivity (Wildman–Crippen MR) is 78.8 cm³/mol. The molecule has 0 aliphatic rings. The summed E-state index contributed by atoms with van der Waals surface area (Å²) in [4.78, 5) is 18.4. The van der Waals surface area contributed by atoms with Crippen LogP contribution in [0.25, 0.3) is 0 Å². The molecule has 0 atom stereocenters. The summed E-state index contributed by atoms with van der Waals surface area (Å²) in [6, 6.07) is 7.80. The maximum atomic E-state index is 10.7. The standard InChI is InChI=1S/C16H18N2O3/c1-4-16(2,3)11-5-7-12(8-6-11)21-14-10-17-13(9-18-14)15(19)20/h5-10H,4H2,1-3H3,(H,19,20). The van der Waals surface area contributed by atoms with E-state index in [1.807, 2.05) is 24.3 Å². The van der Waals surface area contributed by atoms with E-state index in [2.05, 4.69) is 30.7 Å². The van der Waals surface area contributed by atoms with Gasteiger partial charge in [-0.1, -0.05) is 32.9 Å². The molecule has 1 aromatic carbocycles. The van der Waals surface area contributed by atoms with Gasteiger partial charge in [0.05, 0.1) is 12.4 Å². The smallest absolute Gasteiger partial charge is 0.356 e. The minimum atomic E-state index is -1.11. The Morgan fingerprint density at radius 1 is 1.19 bits per heavy atom. The second-order valence-corrected chi connectivity index (χ2v) is 5.41. The van der Waals surface area contributed by atoms with Crippen LogP contribution < -0.4 is 4.74 Å². The van der Waals surface area contributed by atoms with Crippen LogP contribution in [0.3, 0.4) is 0 Å². The summed E-state index contributed by atoms with van der Waals surface area (Å²) >= 11 is 0. The van der Waals surface area contributed by atoms with Crippen molar-refractivity contribution in [1.29, 1.82) is 0 Å². The van der Waals surface area contributed by atoms with Crippen molar-refractivity contribution in [1.82, 2.24) is 9.97 Å². The number of aromatic carboxylic acids is 1. The number of carboxylic acids is 1. The average Bonchev–Trinajstić information content (AvgIpc) is 2.48. The highest BCUT2D eigenvalue weighted by Gasteiger charge is 2.17. The fraction of sp³-hybridized carbons (Fsp3) is 0.312. The summed E-state index contributed by atoms with van der Waals surface area (Å²) in [6.45, 7) is 6.54. The van der Waals surface area contributed by atoms with Gasteiger partial charge in [-0.2, -0.15) is 0 Å². The van der Waals surface area contributed by atoms with Gasteiger partial charge in [0, 0.05) is 0 Å². The highest BCUT2D eigenvalue weighted by atomic mass is 16.5. The molecule has 0 aliphatic heterocycles. The molecule has 1 aromatic heterocycles. The van der Waals surface area contributed by atoms with Crippen LogP contribution in [-0.4, -0.2) is 21.0 Å². The number of hydrogen-bond acceptors (Lipinski definition) is 4. The van der Waals surface area contributed by atoms with Crippen molar-refractivity contribution in [2.75, 3.05) is 0 Å². The van der Waals surface area contributed by atoms with Gasteiger partial charge in [0.1, 0.15) is 5.75 Å². The predicted octanol–water partition coefficient (Wildman–Crippen LogP) is 3.65. The average molecular weight is 286 g/mol. The number of ether oxygens (including phenoxy) is 1. The molecule has 0 radical (unpaired) electrons. The minimum Gasteiger partial charge on any atom is -0.476 e. The van der Waals surface area contributed by atoms with Gasteiger partial charge in [0.25, 0.3) is 0 Å². The molecule has 110 valence electrons. The zero-order valence-electron chi connectivity index (χ0n) is 12.3. The van der Waals surface area contributed by atoms with Crippen molar-refractivity contribution in [2.45, 2.75) is 32.6 Å². The van der Waals surface area contributed by atoms with E-state index in [1.54, 1.807) is 0 Å². The molecule has 5 heteroatoms. The first-order valence-electron chi connectivity index (χ1n) is 6.76. The van der Waals surface area contributed by atoms with Crippen LogP contribution in [-0.2, 0) is 5.41 Å². The number of rotatable bonds is 5. The van der Waals surface area contributed by atoms with Gasteiger partial charge in [-0.05, 0) is 29.5 Å². The molecule has 2 aromatic rings. The molecule has 1 N–H and O–H groups in total. The minimum absolute atomic E-state index is 0.109. The lowest BCUT2D eigenvalue weighted by molar-refractivity contribution is 0.0690. The van der Waals surface area contributed by atoms with Crippen molar-refractivity contribution in [2.24, 2.45) is 0 Å². The molecule has 0 aliphatic carbocycles. The Morgan fingerprint density at radius 3 is 2.33 bits per heavy atom.